The lowest BCUT2D eigenvalue weighted by molar-refractivity contribution is 0.0697. The van der Waals surface area contributed by atoms with Gasteiger partial charge < -0.3 is 9.52 Å². The highest BCUT2D eigenvalue weighted by atomic mass is 32.1. The van der Waals surface area contributed by atoms with Gasteiger partial charge in [-0.05, 0) is 36.7 Å². The first kappa shape index (κ1) is 12.4. The molecule has 0 spiro atoms. The molecular weight excluding hydrogens is 280 g/mol. The summed E-state index contributed by atoms with van der Waals surface area (Å²) in [5.74, 6) is -0.418. The third-order valence-electron chi connectivity index (χ3n) is 2.63. The number of nitrogens with zero attached hydrogens (tertiary/aromatic N) is 4. The van der Waals surface area contributed by atoms with Gasteiger partial charge in [0.15, 0.2) is 0 Å². The summed E-state index contributed by atoms with van der Waals surface area (Å²) in [4.78, 5) is 11.6. The average molecular weight is 288 g/mol. The van der Waals surface area contributed by atoms with E-state index in [-0.39, 0.29) is 11.5 Å². The smallest absolute Gasteiger partial charge is 0.335 e. The number of aryl methyl sites for hydroxylation is 1. The lowest BCUT2D eigenvalue weighted by Crippen LogP contribution is -1.95. The first-order chi connectivity index (χ1) is 9.65. The highest BCUT2D eigenvalue weighted by molar-refractivity contribution is 7.09. The molecule has 1 aromatic carbocycles. The van der Waals surface area contributed by atoms with Gasteiger partial charge in [-0.1, -0.05) is 10.6 Å². The van der Waals surface area contributed by atoms with Crippen LogP contribution in [0.5, 0.6) is 0 Å². The molecule has 0 atom stereocenters. The van der Waals surface area contributed by atoms with Crippen LogP contribution in [0.2, 0.25) is 0 Å². The minimum Gasteiger partial charge on any atom is -0.478 e. The van der Waals surface area contributed by atoms with Crippen molar-refractivity contribution < 1.29 is 14.3 Å². The molecule has 0 aliphatic carbocycles. The van der Waals surface area contributed by atoms with Gasteiger partial charge in [0.25, 0.3) is 5.89 Å². The van der Waals surface area contributed by atoms with Gasteiger partial charge in [-0.15, -0.1) is 15.3 Å². The SMILES string of the molecule is Cc1nnsc1-c1nnc(-c2cccc(C(=O)O)c2)o1. The number of carbonyl (C=O) groups is 1. The molecule has 7 nitrogen and oxygen atoms in total. The number of aromatic nitrogens is 4. The summed E-state index contributed by atoms with van der Waals surface area (Å²) < 4.78 is 9.35. The highest BCUT2D eigenvalue weighted by Gasteiger charge is 2.16. The molecular formula is C12H8N4O3S. The number of hydrogen-bond acceptors (Lipinski definition) is 7. The van der Waals surface area contributed by atoms with Crippen LogP contribution in [0, 0.1) is 6.92 Å². The number of rotatable bonds is 3. The van der Waals surface area contributed by atoms with Crippen molar-refractivity contribution in [2.75, 3.05) is 0 Å². The van der Waals surface area contributed by atoms with Crippen LogP contribution < -0.4 is 0 Å². The summed E-state index contributed by atoms with van der Waals surface area (Å²) in [5, 5.41) is 20.7. The van der Waals surface area contributed by atoms with Crippen LogP contribution in [0.3, 0.4) is 0 Å². The molecule has 0 bridgehead atoms. The van der Waals surface area contributed by atoms with E-state index in [1.165, 1.54) is 23.7 Å². The van der Waals surface area contributed by atoms with E-state index in [4.69, 9.17) is 9.52 Å². The van der Waals surface area contributed by atoms with Crippen molar-refractivity contribution >= 4 is 17.5 Å². The van der Waals surface area contributed by atoms with Gasteiger partial charge in [0.2, 0.25) is 5.89 Å². The minimum absolute atomic E-state index is 0.165. The molecule has 8 heteroatoms. The Morgan fingerprint density at radius 2 is 2.05 bits per heavy atom. The second-order valence-electron chi connectivity index (χ2n) is 3.99. The predicted octanol–water partition coefficient (Wildman–Crippen LogP) is 2.26. The number of aromatic carboxylic acids is 1. The van der Waals surface area contributed by atoms with E-state index in [1.54, 1.807) is 19.1 Å². The molecule has 0 saturated heterocycles. The standard InChI is InChI=1S/C12H8N4O3S/c1-6-9(20-16-13-6)11-15-14-10(19-11)7-3-2-4-8(5-7)12(17)18/h2-5H,1H3,(H,17,18). The monoisotopic (exact) mass is 288 g/mol. The van der Waals surface area contributed by atoms with Gasteiger partial charge in [-0.2, -0.15) is 0 Å². The zero-order valence-electron chi connectivity index (χ0n) is 10.3. The summed E-state index contributed by atoms with van der Waals surface area (Å²) in [6.07, 6.45) is 0. The van der Waals surface area contributed by atoms with Gasteiger partial charge in [0.1, 0.15) is 4.88 Å². The summed E-state index contributed by atoms with van der Waals surface area (Å²) in [5.41, 5.74) is 1.43. The van der Waals surface area contributed by atoms with Crippen molar-refractivity contribution in [1.82, 2.24) is 19.8 Å². The molecule has 2 aromatic heterocycles. The maximum Gasteiger partial charge on any atom is 0.335 e. The summed E-state index contributed by atoms with van der Waals surface area (Å²) in [6.45, 7) is 1.80. The Morgan fingerprint density at radius 1 is 1.25 bits per heavy atom. The number of carboxylic acid groups (broad SMARTS) is 1. The van der Waals surface area contributed by atoms with E-state index < -0.39 is 5.97 Å². The Kier molecular flexibility index (Phi) is 2.99. The van der Waals surface area contributed by atoms with Crippen LogP contribution in [0.15, 0.2) is 28.7 Å². The molecule has 100 valence electrons. The first-order valence-electron chi connectivity index (χ1n) is 5.61. The van der Waals surface area contributed by atoms with Crippen LogP contribution in [0.25, 0.3) is 22.2 Å². The number of hydrogen-bond donors (Lipinski definition) is 1. The molecule has 3 aromatic rings. The van der Waals surface area contributed by atoms with Crippen LogP contribution in [0.1, 0.15) is 16.1 Å². The third kappa shape index (κ3) is 2.16. The van der Waals surface area contributed by atoms with E-state index >= 15 is 0 Å². The lowest BCUT2D eigenvalue weighted by atomic mass is 10.1. The van der Waals surface area contributed by atoms with Crippen molar-refractivity contribution in [3.05, 3.63) is 35.5 Å². The Bertz CT molecular complexity index is 780. The molecule has 0 fully saturated rings. The second-order valence-corrected chi connectivity index (χ2v) is 4.74. The van der Waals surface area contributed by atoms with Gasteiger partial charge in [-0.3, -0.25) is 0 Å². The Morgan fingerprint density at radius 3 is 2.75 bits per heavy atom. The van der Waals surface area contributed by atoms with Crippen molar-refractivity contribution in [2.45, 2.75) is 6.92 Å². The lowest BCUT2D eigenvalue weighted by Gasteiger charge is -1.97. The molecule has 1 N–H and O–H groups in total. The molecule has 3 rings (SSSR count). The zero-order chi connectivity index (χ0) is 14.1. The van der Waals surface area contributed by atoms with E-state index in [2.05, 4.69) is 19.8 Å². The van der Waals surface area contributed by atoms with Crippen molar-refractivity contribution in [3.63, 3.8) is 0 Å². The van der Waals surface area contributed by atoms with Crippen molar-refractivity contribution in [2.24, 2.45) is 0 Å². The van der Waals surface area contributed by atoms with Crippen LogP contribution >= 0.6 is 11.5 Å². The topological polar surface area (TPSA) is 102 Å². The highest BCUT2D eigenvalue weighted by Crippen LogP contribution is 2.27. The molecule has 0 unspecified atom stereocenters. The van der Waals surface area contributed by atoms with Crippen molar-refractivity contribution in [1.29, 1.82) is 0 Å². The Balaban J connectivity index is 2.00. The molecule has 0 saturated carbocycles. The number of carboxylic acids is 1. The summed E-state index contributed by atoms with van der Waals surface area (Å²) in [6, 6.07) is 6.32. The van der Waals surface area contributed by atoms with Gasteiger partial charge in [-0.25, -0.2) is 4.79 Å². The quantitative estimate of drug-likeness (QED) is 0.788. The molecule has 0 radical (unpaired) electrons. The minimum atomic E-state index is -1.01. The Labute approximate surface area is 117 Å². The van der Waals surface area contributed by atoms with Crippen LogP contribution in [0.4, 0.5) is 0 Å². The fourth-order valence-corrected chi connectivity index (χ4v) is 2.22. The van der Waals surface area contributed by atoms with E-state index in [1.807, 2.05) is 0 Å². The van der Waals surface area contributed by atoms with E-state index in [0.717, 1.165) is 0 Å². The average Bonchev–Trinajstić information content (AvgIpc) is 3.07. The molecule has 0 amide bonds. The molecule has 2 heterocycles. The van der Waals surface area contributed by atoms with Crippen LogP contribution in [-0.4, -0.2) is 30.9 Å². The Hall–Kier alpha value is -2.61. The zero-order valence-corrected chi connectivity index (χ0v) is 11.1. The summed E-state index contributed by atoms with van der Waals surface area (Å²) >= 11 is 1.17. The molecule has 20 heavy (non-hydrogen) atoms. The fourth-order valence-electron chi connectivity index (χ4n) is 1.64. The predicted molar refractivity (Wildman–Crippen MR) is 70.3 cm³/mol. The van der Waals surface area contributed by atoms with E-state index in [0.29, 0.717) is 22.0 Å². The normalized spacial score (nSPS) is 10.7. The van der Waals surface area contributed by atoms with Crippen LogP contribution in [-0.2, 0) is 0 Å². The third-order valence-corrected chi connectivity index (χ3v) is 3.44. The van der Waals surface area contributed by atoms with Gasteiger partial charge >= 0.3 is 5.97 Å². The second kappa shape index (κ2) is 4.82. The fraction of sp³-hybridized carbons (Fsp3) is 0.0833. The molecule has 0 aliphatic rings. The van der Waals surface area contributed by atoms with Crippen molar-refractivity contribution in [3.8, 4) is 22.2 Å². The van der Waals surface area contributed by atoms with Gasteiger partial charge in [0.05, 0.1) is 11.3 Å². The van der Waals surface area contributed by atoms with Gasteiger partial charge in [0, 0.05) is 5.56 Å². The molecule has 0 aliphatic heterocycles. The first-order valence-corrected chi connectivity index (χ1v) is 6.39. The maximum atomic E-state index is 10.9. The summed E-state index contributed by atoms with van der Waals surface area (Å²) in [7, 11) is 0. The van der Waals surface area contributed by atoms with E-state index in [9.17, 15) is 4.79 Å². The maximum absolute atomic E-state index is 10.9. The number of benzene rings is 1. The largest absolute Gasteiger partial charge is 0.478 e.